The number of anilines is 2. The summed E-state index contributed by atoms with van der Waals surface area (Å²) in [6, 6.07) is 1.61. The fourth-order valence-electron chi connectivity index (χ4n) is 1.11. The van der Waals surface area contributed by atoms with Gasteiger partial charge in [0.2, 0.25) is 11.8 Å². The van der Waals surface area contributed by atoms with Crippen LogP contribution in [0.15, 0.2) is 12.1 Å². The second-order valence-corrected chi connectivity index (χ2v) is 4.30. The minimum Gasteiger partial charge on any atom is -0.323 e. The Morgan fingerprint density at radius 2 is 1.28 bits per heavy atom. The molecule has 0 heterocycles. The average molecular weight is 386 g/mol. The Morgan fingerprint density at radius 1 is 0.944 bits per heavy atom. The fourth-order valence-corrected chi connectivity index (χ4v) is 1.39. The molecule has 4 nitrogen and oxygen atoms in total. The van der Waals surface area contributed by atoms with Crippen LogP contribution in [0.4, 0.5) is 20.2 Å². The number of rotatable bonds is 4. The number of benzene rings is 1. The Hall–Kier alpha value is -1.02. The zero-order valence-electron chi connectivity index (χ0n) is 8.90. The number of carbonyl (C=O) groups excluding carboxylic acids is 2. The van der Waals surface area contributed by atoms with Crippen LogP contribution in [-0.2, 0) is 9.59 Å². The minimum absolute atomic E-state index is 0.0316. The molecule has 18 heavy (non-hydrogen) atoms. The highest BCUT2D eigenvalue weighted by Crippen LogP contribution is 2.23. The Kier molecular flexibility index (Phi) is 5.67. The molecule has 0 aliphatic heterocycles. The molecule has 98 valence electrons. The van der Waals surface area contributed by atoms with Gasteiger partial charge in [-0.3, -0.25) is 9.59 Å². The molecule has 0 radical (unpaired) electrons. The van der Waals surface area contributed by atoms with Crippen molar-refractivity contribution in [1.82, 2.24) is 0 Å². The molecule has 0 atom stereocenters. The van der Waals surface area contributed by atoms with Crippen molar-refractivity contribution in [2.75, 3.05) is 21.3 Å². The molecule has 0 spiro atoms. The predicted octanol–water partition coefficient (Wildman–Crippen LogP) is 2.63. The summed E-state index contributed by atoms with van der Waals surface area (Å²) in [5, 5.41) is 4.28. The number of hydrogen-bond donors (Lipinski definition) is 2. The van der Waals surface area contributed by atoms with Crippen LogP contribution in [0.3, 0.4) is 0 Å². The first-order chi connectivity index (χ1) is 8.47. The van der Waals surface area contributed by atoms with Crippen LogP contribution in [0.5, 0.6) is 0 Å². The number of halogens is 4. The van der Waals surface area contributed by atoms with E-state index in [9.17, 15) is 18.4 Å². The number of amides is 2. The van der Waals surface area contributed by atoms with Crippen molar-refractivity contribution >= 4 is 55.0 Å². The molecule has 0 saturated heterocycles. The van der Waals surface area contributed by atoms with E-state index in [4.69, 9.17) is 0 Å². The van der Waals surface area contributed by atoms with Gasteiger partial charge in [0.1, 0.15) is 11.6 Å². The molecule has 0 unspecified atom stereocenters. The summed E-state index contributed by atoms with van der Waals surface area (Å²) in [5.74, 6) is -2.69. The average Bonchev–Trinajstić information content (AvgIpc) is 2.34. The zero-order chi connectivity index (χ0) is 13.7. The highest BCUT2D eigenvalue weighted by Gasteiger charge is 2.13. The third-order valence-corrected chi connectivity index (χ3v) is 2.87. The van der Waals surface area contributed by atoms with E-state index >= 15 is 0 Å². The summed E-state index contributed by atoms with van der Waals surface area (Å²) in [4.78, 5) is 22.1. The quantitative estimate of drug-likeness (QED) is 0.783. The van der Waals surface area contributed by atoms with Crippen LogP contribution < -0.4 is 10.6 Å². The third-order valence-electron chi connectivity index (χ3n) is 1.85. The number of nitrogens with one attached hydrogen (secondary N) is 2. The van der Waals surface area contributed by atoms with E-state index in [1.54, 1.807) is 0 Å². The molecule has 0 aromatic heterocycles. The first kappa shape index (κ1) is 15.0. The molecule has 2 N–H and O–H groups in total. The van der Waals surface area contributed by atoms with Crippen LogP contribution in [-0.4, -0.2) is 22.5 Å². The largest absolute Gasteiger partial charge is 0.323 e. The molecule has 0 aliphatic rings. The van der Waals surface area contributed by atoms with Gasteiger partial charge >= 0.3 is 0 Å². The maximum absolute atomic E-state index is 13.5. The van der Waals surface area contributed by atoms with Crippen LogP contribution in [0.2, 0.25) is 0 Å². The maximum Gasteiger partial charge on any atom is 0.235 e. The Labute approximate surface area is 118 Å². The third kappa shape index (κ3) is 4.02. The summed E-state index contributed by atoms with van der Waals surface area (Å²) >= 11 is 5.76. The Bertz CT molecular complexity index is 439. The summed E-state index contributed by atoms with van der Waals surface area (Å²) in [6.45, 7) is 0. The van der Waals surface area contributed by atoms with Crippen molar-refractivity contribution in [2.45, 2.75) is 0 Å². The molecular formula is C10H8Br2F2N2O2. The summed E-state index contributed by atoms with van der Waals surface area (Å²) in [5.41, 5.74) is -0.567. The lowest BCUT2D eigenvalue weighted by Crippen LogP contribution is -2.16. The van der Waals surface area contributed by atoms with E-state index in [2.05, 4.69) is 42.5 Å². The topological polar surface area (TPSA) is 58.2 Å². The Morgan fingerprint density at radius 3 is 1.56 bits per heavy atom. The number of hydrogen-bond acceptors (Lipinski definition) is 2. The zero-order valence-corrected chi connectivity index (χ0v) is 12.1. The van der Waals surface area contributed by atoms with Gasteiger partial charge in [-0.1, -0.05) is 31.9 Å². The molecule has 1 rings (SSSR count). The van der Waals surface area contributed by atoms with Crippen molar-refractivity contribution < 1.29 is 18.4 Å². The molecule has 0 bridgehead atoms. The Balaban J connectivity index is 2.96. The standard InChI is InChI=1S/C10H8Br2F2N2O2/c11-3-9(17)15-7-1-5(13)8(2-6(7)14)16-10(18)4-12/h1-2H,3-4H2,(H,15,17)(H,16,18). The first-order valence-electron chi connectivity index (χ1n) is 4.68. The van der Waals surface area contributed by atoms with Crippen molar-refractivity contribution in [3.8, 4) is 0 Å². The minimum atomic E-state index is -0.837. The van der Waals surface area contributed by atoms with Gasteiger partial charge in [0.25, 0.3) is 0 Å². The van der Waals surface area contributed by atoms with Gasteiger partial charge in [0, 0.05) is 12.1 Å². The lowest BCUT2D eigenvalue weighted by molar-refractivity contribution is -0.114. The van der Waals surface area contributed by atoms with E-state index in [1.807, 2.05) is 0 Å². The van der Waals surface area contributed by atoms with Crippen LogP contribution in [0.25, 0.3) is 0 Å². The highest BCUT2D eigenvalue weighted by atomic mass is 79.9. The van der Waals surface area contributed by atoms with Crippen molar-refractivity contribution in [1.29, 1.82) is 0 Å². The van der Waals surface area contributed by atoms with Crippen molar-refractivity contribution in [2.24, 2.45) is 0 Å². The number of alkyl halides is 2. The van der Waals surface area contributed by atoms with E-state index in [-0.39, 0.29) is 22.0 Å². The van der Waals surface area contributed by atoms with Gasteiger partial charge in [-0.2, -0.15) is 0 Å². The van der Waals surface area contributed by atoms with Gasteiger partial charge in [-0.05, 0) is 0 Å². The van der Waals surface area contributed by atoms with Crippen LogP contribution in [0, 0.1) is 11.6 Å². The van der Waals surface area contributed by atoms with E-state index in [1.165, 1.54) is 0 Å². The lowest BCUT2D eigenvalue weighted by atomic mass is 10.2. The fraction of sp³-hybridized carbons (Fsp3) is 0.200. The van der Waals surface area contributed by atoms with Gasteiger partial charge in [0.05, 0.1) is 22.0 Å². The van der Waals surface area contributed by atoms with Gasteiger partial charge in [-0.15, -0.1) is 0 Å². The molecule has 0 fully saturated rings. The monoisotopic (exact) mass is 384 g/mol. The second-order valence-electron chi connectivity index (χ2n) is 3.18. The predicted molar refractivity (Wildman–Crippen MR) is 71.2 cm³/mol. The highest BCUT2D eigenvalue weighted by molar-refractivity contribution is 9.09. The van der Waals surface area contributed by atoms with Crippen molar-refractivity contribution in [3.63, 3.8) is 0 Å². The summed E-state index contributed by atoms with van der Waals surface area (Å²) < 4.78 is 27.0. The maximum atomic E-state index is 13.5. The molecule has 8 heteroatoms. The molecular weight excluding hydrogens is 378 g/mol. The van der Waals surface area contributed by atoms with E-state index in [0.717, 1.165) is 12.1 Å². The van der Waals surface area contributed by atoms with Gasteiger partial charge < -0.3 is 10.6 Å². The molecule has 0 aliphatic carbocycles. The van der Waals surface area contributed by atoms with Crippen molar-refractivity contribution in [3.05, 3.63) is 23.8 Å². The second kappa shape index (κ2) is 6.79. The molecule has 0 saturated carbocycles. The molecule has 1 aromatic carbocycles. The summed E-state index contributed by atoms with van der Waals surface area (Å²) in [7, 11) is 0. The number of carbonyl (C=O) groups is 2. The summed E-state index contributed by atoms with van der Waals surface area (Å²) in [6.07, 6.45) is 0. The lowest BCUT2D eigenvalue weighted by Gasteiger charge is -2.09. The smallest absolute Gasteiger partial charge is 0.235 e. The SMILES string of the molecule is O=C(CBr)Nc1cc(F)c(NC(=O)CBr)cc1F. The van der Waals surface area contributed by atoms with Gasteiger partial charge in [-0.25, -0.2) is 8.78 Å². The van der Waals surface area contributed by atoms with E-state index in [0.29, 0.717) is 0 Å². The van der Waals surface area contributed by atoms with Crippen LogP contribution in [0.1, 0.15) is 0 Å². The van der Waals surface area contributed by atoms with Gasteiger partial charge in [0.15, 0.2) is 0 Å². The van der Waals surface area contributed by atoms with Crippen LogP contribution >= 0.6 is 31.9 Å². The normalized spacial score (nSPS) is 10.0. The molecule has 1 aromatic rings. The first-order valence-corrected chi connectivity index (χ1v) is 6.93. The molecule has 2 amide bonds. The van der Waals surface area contributed by atoms with E-state index < -0.39 is 23.4 Å².